The van der Waals surface area contributed by atoms with Crippen molar-refractivity contribution in [2.45, 2.75) is 25.2 Å². The van der Waals surface area contributed by atoms with E-state index in [-0.39, 0.29) is 5.91 Å². The number of amides is 1. The van der Waals surface area contributed by atoms with Crippen molar-refractivity contribution in [1.82, 2.24) is 0 Å². The van der Waals surface area contributed by atoms with Gasteiger partial charge in [0.2, 0.25) is 5.91 Å². The van der Waals surface area contributed by atoms with Crippen LogP contribution in [-0.2, 0) is 21.4 Å². The molecule has 0 aromatic heterocycles. The van der Waals surface area contributed by atoms with Crippen LogP contribution in [-0.4, -0.2) is 28.7 Å². The lowest BCUT2D eigenvalue weighted by Crippen LogP contribution is -2.36. The largest absolute Gasteiger partial charge is 0.481 e. The Kier molecular flexibility index (Phi) is 3.09. The highest BCUT2D eigenvalue weighted by atomic mass is 16.4. The fourth-order valence-electron chi connectivity index (χ4n) is 2.01. The third-order valence-electron chi connectivity index (χ3n) is 3.43. The van der Waals surface area contributed by atoms with Crippen molar-refractivity contribution in [3.8, 4) is 0 Å². The van der Waals surface area contributed by atoms with Crippen LogP contribution in [0, 0.1) is 0 Å². The Bertz CT molecular complexity index is 512. The number of carboxylic acid groups (broad SMARTS) is 1. The minimum atomic E-state index is -1.31. The second-order valence-corrected chi connectivity index (χ2v) is 4.72. The third kappa shape index (κ3) is 1.97. The van der Waals surface area contributed by atoms with E-state index in [0.29, 0.717) is 18.4 Å². The predicted molar refractivity (Wildman–Crippen MR) is 65.5 cm³/mol. The molecule has 1 aromatic carbocycles. The molecule has 3 N–H and O–H groups in total. The second-order valence-electron chi connectivity index (χ2n) is 4.72. The zero-order valence-corrected chi connectivity index (χ0v) is 10.1. The van der Waals surface area contributed by atoms with Crippen LogP contribution in [0.5, 0.6) is 0 Å². The number of aliphatic hydroxyl groups excluding tert-OH is 1. The number of fused-ring (bicyclic) bond motifs is 1. The number of aliphatic hydroxyl groups is 1. The number of hydrogen-bond acceptors (Lipinski definition) is 3. The van der Waals surface area contributed by atoms with Crippen LogP contribution in [0.4, 0.5) is 5.69 Å². The van der Waals surface area contributed by atoms with Gasteiger partial charge in [0.1, 0.15) is 5.41 Å². The van der Waals surface area contributed by atoms with E-state index >= 15 is 0 Å². The molecule has 0 radical (unpaired) electrons. The molecule has 2 rings (SSSR count). The minimum absolute atomic E-state index is 0.0293. The van der Waals surface area contributed by atoms with Gasteiger partial charge < -0.3 is 15.5 Å². The summed E-state index contributed by atoms with van der Waals surface area (Å²) in [5.74, 6) is -1.09. The average molecular weight is 249 g/mol. The van der Waals surface area contributed by atoms with Crippen molar-refractivity contribution in [3.63, 3.8) is 0 Å². The molecule has 0 bridgehead atoms. The summed E-state index contributed by atoms with van der Waals surface area (Å²) >= 11 is 0. The first kappa shape index (κ1) is 12.6. The van der Waals surface area contributed by atoms with Crippen LogP contribution in [0.2, 0.25) is 0 Å². The summed E-state index contributed by atoms with van der Waals surface area (Å²) in [7, 11) is 0. The number of benzene rings is 1. The van der Waals surface area contributed by atoms with Crippen molar-refractivity contribution in [2.75, 3.05) is 11.9 Å². The van der Waals surface area contributed by atoms with Crippen molar-refractivity contribution < 1.29 is 19.8 Å². The maximum atomic E-state index is 11.2. The predicted octanol–water partition coefficient (Wildman–Crippen LogP) is 0.906. The van der Waals surface area contributed by atoms with E-state index in [2.05, 4.69) is 5.32 Å². The number of anilines is 1. The Balaban J connectivity index is 2.43. The fourth-order valence-corrected chi connectivity index (χ4v) is 2.01. The van der Waals surface area contributed by atoms with Gasteiger partial charge in [0.15, 0.2) is 0 Å². The number of hydrogen-bond donors (Lipinski definition) is 3. The molecular weight excluding hydrogens is 234 g/mol. The molecule has 0 fully saturated rings. The van der Waals surface area contributed by atoms with Crippen LogP contribution in [0.15, 0.2) is 18.2 Å². The first-order valence-electron chi connectivity index (χ1n) is 5.75. The molecule has 0 aliphatic carbocycles. The summed E-state index contributed by atoms with van der Waals surface area (Å²) in [6.07, 6.45) is 0.996. The molecule has 5 heteroatoms. The standard InChI is InChI=1S/C13H15NO4/c1-13(7-15,12(17)18)9-3-4-10-8(6-9)2-5-11(16)14-10/h3-4,6,15H,2,5,7H2,1H3,(H,14,16)(H,17,18). The molecule has 1 aliphatic rings. The normalized spacial score (nSPS) is 17.6. The molecular formula is C13H15NO4. The quantitative estimate of drug-likeness (QED) is 0.743. The number of aliphatic carboxylic acids is 1. The van der Waals surface area contributed by atoms with Gasteiger partial charge in [-0.25, -0.2) is 0 Å². The monoisotopic (exact) mass is 249 g/mol. The van der Waals surface area contributed by atoms with E-state index in [4.69, 9.17) is 0 Å². The maximum absolute atomic E-state index is 11.2. The maximum Gasteiger partial charge on any atom is 0.316 e. The molecule has 5 nitrogen and oxygen atoms in total. The Labute approximate surface area is 104 Å². The van der Waals surface area contributed by atoms with Gasteiger partial charge in [-0.05, 0) is 30.5 Å². The topological polar surface area (TPSA) is 86.6 Å². The van der Waals surface area contributed by atoms with E-state index in [1.165, 1.54) is 6.92 Å². The van der Waals surface area contributed by atoms with Gasteiger partial charge in [0.25, 0.3) is 0 Å². The molecule has 1 aliphatic heterocycles. The van der Waals surface area contributed by atoms with Gasteiger partial charge in [-0.2, -0.15) is 0 Å². The van der Waals surface area contributed by atoms with Crippen molar-refractivity contribution >= 4 is 17.6 Å². The Morgan fingerprint density at radius 2 is 2.17 bits per heavy atom. The Morgan fingerprint density at radius 1 is 1.44 bits per heavy atom. The summed E-state index contributed by atoms with van der Waals surface area (Å²) in [6, 6.07) is 5.08. The van der Waals surface area contributed by atoms with E-state index < -0.39 is 18.0 Å². The summed E-state index contributed by atoms with van der Waals surface area (Å²) in [6.45, 7) is 1.02. The first-order valence-corrected chi connectivity index (χ1v) is 5.75. The zero-order valence-electron chi connectivity index (χ0n) is 10.1. The molecule has 0 saturated heterocycles. The number of carbonyl (C=O) groups is 2. The van der Waals surface area contributed by atoms with Crippen LogP contribution in [0.1, 0.15) is 24.5 Å². The number of carbonyl (C=O) groups excluding carboxylic acids is 1. The highest BCUT2D eigenvalue weighted by molar-refractivity contribution is 5.94. The van der Waals surface area contributed by atoms with Gasteiger partial charge in [-0.1, -0.05) is 12.1 Å². The molecule has 18 heavy (non-hydrogen) atoms. The lowest BCUT2D eigenvalue weighted by atomic mass is 9.82. The van der Waals surface area contributed by atoms with Crippen LogP contribution in [0.3, 0.4) is 0 Å². The molecule has 1 heterocycles. The highest BCUT2D eigenvalue weighted by Crippen LogP contribution is 2.30. The van der Waals surface area contributed by atoms with E-state index in [1.54, 1.807) is 18.2 Å². The third-order valence-corrected chi connectivity index (χ3v) is 3.43. The zero-order chi connectivity index (χ0) is 13.3. The lowest BCUT2D eigenvalue weighted by Gasteiger charge is -2.25. The van der Waals surface area contributed by atoms with Crippen LogP contribution >= 0.6 is 0 Å². The number of nitrogens with one attached hydrogen (secondary N) is 1. The summed E-state index contributed by atoms with van der Waals surface area (Å²) in [5.41, 5.74) is 0.873. The van der Waals surface area contributed by atoms with E-state index in [9.17, 15) is 19.8 Å². The first-order chi connectivity index (χ1) is 8.47. The van der Waals surface area contributed by atoms with Gasteiger partial charge in [0.05, 0.1) is 6.61 Å². The fraction of sp³-hybridized carbons (Fsp3) is 0.385. The van der Waals surface area contributed by atoms with Crippen LogP contribution < -0.4 is 5.32 Å². The highest BCUT2D eigenvalue weighted by Gasteiger charge is 2.35. The molecule has 1 amide bonds. The summed E-state index contributed by atoms with van der Waals surface area (Å²) in [4.78, 5) is 22.5. The number of aryl methyl sites for hydroxylation is 1. The summed E-state index contributed by atoms with van der Waals surface area (Å²) in [5, 5.41) is 21.2. The number of carboxylic acids is 1. The van der Waals surface area contributed by atoms with Crippen LogP contribution in [0.25, 0.3) is 0 Å². The SMILES string of the molecule is CC(CO)(C(=O)O)c1ccc2c(c1)CCC(=O)N2. The molecule has 96 valence electrons. The molecule has 0 saturated carbocycles. The minimum Gasteiger partial charge on any atom is -0.481 e. The van der Waals surface area contributed by atoms with Gasteiger partial charge in [0, 0.05) is 12.1 Å². The van der Waals surface area contributed by atoms with Gasteiger partial charge in [-0.3, -0.25) is 9.59 Å². The van der Waals surface area contributed by atoms with Gasteiger partial charge in [-0.15, -0.1) is 0 Å². The Morgan fingerprint density at radius 3 is 2.78 bits per heavy atom. The summed E-state index contributed by atoms with van der Waals surface area (Å²) < 4.78 is 0. The van der Waals surface area contributed by atoms with Crippen molar-refractivity contribution in [2.24, 2.45) is 0 Å². The van der Waals surface area contributed by atoms with Crippen molar-refractivity contribution in [1.29, 1.82) is 0 Å². The van der Waals surface area contributed by atoms with E-state index in [1.807, 2.05) is 0 Å². The molecule has 1 atom stereocenters. The smallest absolute Gasteiger partial charge is 0.316 e. The molecule has 1 unspecified atom stereocenters. The Hall–Kier alpha value is -1.88. The molecule has 0 spiro atoms. The van der Waals surface area contributed by atoms with Crippen molar-refractivity contribution in [3.05, 3.63) is 29.3 Å². The number of rotatable bonds is 3. The average Bonchev–Trinajstić information content (AvgIpc) is 2.36. The second kappa shape index (κ2) is 4.42. The lowest BCUT2D eigenvalue weighted by molar-refractivity contribution is -0.144. The molecule has 1 aromatic rings. The van der Waals surface area contributed by atoms with E-state index in [0.717, 1.165) is 11.3 Å². The van der Waals surface area contributed by atoms with Gasteiger partial charge >= 0.3 is 5.97 Å².